The summed E-state index contributed by atoms with van der Waals surface area (Å²) < 4.78 is 0. The molecule has 1 saturated carbocycles. The van der Waals surface area contributed by atoms with Crippen molar-refractivity contribution in [3.05, 3.63) is 29.3 Å². The molecule has 0 heterocycles. The lowest BCUT2D eigenvalue weighted by Crippen LogP contribution is -2.39. The van der Waals surface area contributed by atoms with Gasteiger partial charge in [0.2, 0.25) is 0 Å². The summed E-state index contributed by atoms with van der Waals surface area (Å²) in [4.78, 5) is 2.37. The third-order valence-corrected chi connectivity index (χ3v) is 3.68. The van der Waals surface area contributed by atoms with E-state index in [4.69, 9.17) is 0 Å². The van der Waals surface area contributed by atoms with E-state index in [1.165, 1.54) is 29.7 Å². The molecule has 2 rings (SSSR count). The van der Waals surface area contributed by atoms with Crippen LogP contribution < -0.4 is 10.2 Å². The van der Waals surface area contributed by atoms with Crippen LogP contribution in [0.5, 0.6) is 0 Å². The van der Waals surface area contributed by atoms with Crippen molar-refractivity contribution in [3.63, 3.8) is 0 Å². The Labute approximate surface area is 105 Å². The second kappa shape index (κ2) is 5.09. The number of anilines is 1. The minimum atomic E-state index is 0.640. The van der Waals surface area contributed by atoms with Crippen molar-refractivity contribution in [2.45, 2.75) is 32.7 Å². The zero-order valence-electron chi connectivity index (χ0n) is 11.5. The number of likely N-dealkylation sites (N-methyl/N-ethyl adjacent to an activating group) is 2. The molecule has 1 fully saturated rings. The maximum Gasteiger partial charge on any atom is 0.0369 e. The fraction of sp³-hybridized carbons (Fsp3) is 0.600. The minimum Gasteiger partial charge on any atom is -0.373 e. The van der Waals surface area contributed by atoms with E-state index in [-0.39, 0.29) is 0 Å². The molecule has 2 heteroatoms. The fourth-order valence-electron chi connectivity index (χ4n) is 2.55. The first kappa shape index (κ1) is 12.4. The van der Waals surface area contributed by atoms with Gasteiger partial charge >= 0.3 is 0 Å². The van der Waals surface area contributed by atoms with Crippen LogP contribution in [0.2, 0.25) is 0 Å². The van der Waals surface area contributed by atoms with E-state index >= 15 is 0 Å². The first-order valence-electron chi connectivity index (χ1n) is 6.57. The number of hydrogen-bond acceptors (Lipinski definition) is 2. The van der Waals surface area contributed by atoms with Gasteiger partial charge in [-0.25, -0.2) is 0 Å². The van der Waals surface area contributed by atoms with Crippen LogP contribution in [0.15, 0.2) is 18.2 Å². The Hall–Kier alpha value is -1.02. The highest BCUT2D eigenvalue weighted by Gasteiger charge is 2.30. The zero-order chi connectivity index (χ0) is 12.4. The smallest absolute Gasteiger partial charge is 0.0369 e. The predicted molar refractivity (Wildman–Crippen MR) is 74.8 cm³/mol. The molecule has 1 N–H and O–H groups in total. The summed E-state index contributed by atoms with van der Waals surface area (Å²) in [6.07, 6.45) is 2.79. The number of hydrogen-bond donors (Lipinski definition) is 1. The molecule has 0 bridgehead atoms. The van der Waals surface area contributed by atoms with Crippen molar-refractivity contribution in [2.24, 2.45) is 5.92 Å². The topological polar surface area (TPSA) is 15.3 Å². The van der Waals surface area contributed by atoms with Crippen LogP contribution in [-0.2, 0) is 0 Å². The van der Waals surface area contributed by atoms with Gasteiger partial charge < -0.3 is 10.2 Å². The van der Waals surface area contributed by atoms with Gasteiger partial charge in [0.15, 0.2) is 0 Å². The van der Waals surface area contributed by atoms with E-state index < -0.39 is 0 Å². The highest BCUT2D eigenvalue weighted by Crippen LogP contribution is 2.33. The molecule has 0 aromatic heterocycles. The lowest BCUT2D eigenvalue weighted by atomic mass is 10.1. The molecule has 0 radical (unpaired) electrons. The highest BCUT2D eigenvalue weighted by atomic mass is 15.1. The summed E-state index contributed by atoms with van der Waals surface area (Å²) in [5, 5.41) is 3.45. The molecular weight excluding hydrogens is 208 g/mol. The van der Waals surface area contributed by atoms with Crippen LogP contribution in [-0.4, -0.2) is 26.7 Å². The predicted octanol–water partition coefficient (Wildman–Crippen LogP) is 2.74. The van der Waals surface area contributed by atoms with Gasteiger partial charge in [0.1, 0.15) is 0 Å². The van der Waals surface area contributed by atoms with Crippen molar-refractivity contribution in [1.82, 2.24) is 5.32 Å². The minimum absolute atomic E-state index is 0.640. The number of nitrogens with one attached hydrogen (secondary N) is 1. The van der Waals surface area contributed by atoms with Crippen LogP contribution in [0.25, 0.3) is 0 Å². The Morgan fingerprint density at radius 1 is 1.24 bits per heavy atom. The second-order valence-corrected chi connectivity index (χ2v) is 5.46. The summed E-state index contributed by atoms with van der Waals surface area (Å²) in [5.74, 6) is 0.897. The Bertz CT molecular complexity index is 362. The molecule has 1 aromatic carbocycles. The van der Waals surface area contributed by atoms with Gasteiger partial charge in [-0.2, -0.15) is 0 Å². The molecule has 94 valence electrons. The van der Waals surface area contributed by atoms with Crippen LogP contribution >= 0.6 is 0 Å². The summed E-state index contributed by atoms with van der Waals surface area (Å²) >= 11 is 0. The fourth-order valence-corrected chi connectivity index (χ4v) is 2.55. The van der Waals surface area contributed by atoms with Crippen molar-refractivity contribution in [1.29, 1.82) is 0 Å². The standard InChI is InChI=1S/C15H24N2/c1-11-7-12(2)9-14(8-11)17(4)10-15(16-3)13-5-6-13/h7-9,13,15-16H,5-6,10H2,1-4H3. The summed E-state index contributed by atoms with van der Waals surface area (Å²) in [6, 6.07) is 7.41. The van der Waals surface area contributed by atoms with E-state index in [1.807, 2.05) is 0 Å². The van der Waals surface area contributed by atoms with Crippen molar-refractivity contribution in [2.75, 3.05) is 25.5 Å². The molecule has 17 heavy (non-hydrogen) atoms. The van der Waals surface area contributed by atoms with E-state index in [1.54, 1.807) is 0 Å². The largest absolute Gasteiger partial charge is 0.373 e. The van der Waals surface area contributed by atoms with Crippen LogP contribution in [0.1, 0.15) is 24.0 Å². The van der Waals surface area contributed by atoms with Gasteiger partial charge in [-0.1, -0.05) is 6.07 Å². The number of aryl methyl sites for hydroxylation is 2. The average molecular weight is 232 g/mol. The van der Waals surface area contributed by atoms with Crippen molar-refractivity contribution in [3.8, 4) is 0 Å². The molecule has 1 aliphatic carbocycles. The zero-order valence-corrected chi connectivity index (χ0v) is 11.5. The maximum absolute atomic E-state index is 3.45. The van der Waals surface area contributed by atoms with Crippen LogP contribution in [0.3, 0.4) is 0 Å². The molecule has 0 spiro atoms. The summed E-state index contributed by atoms with van der Waals surface area (Å²) in [6.45, 7) is 5.44. The van der Waals surface area contributed by atoms with Gasteiger partial charge in [0, 0.05) is 25.3 Å². The molecule has 0 saturated heterocycles. The molecule has 1 atom stereocenters. The van der Waals surface area contributed by atoms with Gasteiger partial charge in [-0.15, -0.1) is 0 Å². The SMILES string of the molecule is CNC(CN(C)c1cc(C)cc(C)c1)C1CC1. The third-order valence-electron chi connectivity index (χ3n) is 3.68. The first-order chi connectivity index (χ1) is 8.10. The van der Waals surface area contributed by atoms with Crippen LogP contribution in [0, 0.1) is 19.8 Å². The Morgan fingerprint density at radius 3 is 2.29 bits per heavy atom. The molecule has 1 unspecified atom stereocenters. The third kappa shape index (κ3) is 3.22. The monoisotopic (exact) mass is 232 g/mol. The Kier molecular flexibility index (Phi) is 3.72. The van der Waals surface area contributed by atoms with E-state index in [2.05, 4.69) is 56.4 Å². The number of benzene rings is 1. The van der Waals surface area contributed by atoms with Crippen molar-refractivity contribution >= 4 is 5.69 Å². The molecule has 1 aromatic rings. The molecule has 0 aliphatic heterocycles. The Balaban J connectivity index is 2.04. The second-order valence-electron chi connectivity index (χ2n) is 5.46. The maximum atomic E-state index is 3.45. The van der Waals surface area contributed by atoms with Gasteiger partial charge in [0.25, 0.3) is 0 Å². The molecular formula is C15H24N2. The molecule has 1 aliphatic rings. The Morgan fingerprint density at radius 2 is 1.82 bits per heavy atom. The lowest BCUT2D eigenvalue weighted by molar-refractivity contribution is 0.503. The van der Waals surface area contributed by atoms with Crippen molar-refractivity contribution < 1.29 is 0 Å². The van der Waals surface area contributed by atoms with Gasteiger partial charge in [0.05, 0.1) is 0 Å². The summed E-state index contributed by atoms with van der Waals surface area (Å²) in [5.41, 5.74) is 4.03. The summed E-state index contributed by atoms with van der Waals surface area (Å²) in [7, 11) is 4.28. The highest BCUT2D eigenvalue weighted by molar-refractivity contribution is 5.50. The van der Waals surface area contributed by atoms with E-state index in [9.17, 15) is 0 Å². The normalized spacial score (nSPS) is 16.9. The quantitative estimate of drug-likeness (QED) is 0.840. The lowest BCUT2D eigenvalue weighted by Gasteiger charge is -2.26. The van der Waals surface area contributed by atoms with Crippen LogP contribution in [0.4, 0.5) is 5.69 Å². The number of nitrogens with zero attached hydrogens (tertiary/aromatic N) is 1. The average Bonchev–Trinajstić information content (AvgIpc) is 3.08. The van der Waals surface area contributed by atoms with Gasteiger partial charge in [-0.05, 0) is 62.9 Å². The number of rotatable bonds is 5. The van der Waals surface area contributed by atoms with E-state index in [0.717, 1.165) is 12.5 Å². The first-order valence-corrected chi connectivity index (χ1v) is 6.57. The molecule has 0 amide bonds. The van der Waals surface area contributed by atoms with E-state index in [0.29, 0.717) is 6.04 Å². The molecule has 2 nitrogen and oxygen atoms in total. The van der Waals surface area contributed by atoms with Gasteiger partial charge in [-0.3, -0.25) is 0 Å².